The first kappa shape index (κ1) is 15.7. The molecule has 0 spiro atoms. The van der Waals surface area contributed by atoms with Gasteiger partial charge >= 0.3 is 29.0 Å². The van der Waals surface area contributed by atoms with Crippen LogP contribution in [-0.2, 0) is 24.3 Å². The zero-order valence-corrected chi connectivity index (χ0v) is 8.86. The normalized spacial score (nSPS) is 5.29. The van der Waals surface area contributed by atoms with Crippen LogP contribution in [0, 0.1) is 0 Å². The van der Waals surface area contributed by atoms with Crippen LogP contribution in [0.15, 0.2) is 0 Å². The maximum Gasteiger partial charge on any atom is 2.00 e. The molecule has 0 aromatic carbocycles. The predicted octanol–water partition coefficient (Wildman–Crippen LogP) is 0.323. The van der Waals surface area contributed by atoms with Gasteiger partial charge in [0.1, 0.15) is 0 Å². The molecule has 0 aromatic rings. The number of aliphatic carboxylic acids is 1. The summed E-state index contributed by atoms with van der Waals surface area (Å²) in [5, 5.41) is 7.72. The van der Waals surface area contributed by atoms with Gasteiger partial charge in [0.15, 0.2) is 0 Å². The summed E-state index contributed by atoms with van der Waals surface area (Å²) < 4.78 is 0. The number of carboxylic acids is 1. The summed E-state index contributed by atoms with van der Waals surface area (Å²) in [7, 11) is 0. The van der Waals surface area contributed by atoms with Crippen molar-refractivity contribution in [2.45, 2.75) is 13.3 Å². The fourth-order valence-electron chi connectivity index (χ4n) is 0. The molecule has 36 valence electrons. The topological polar surface area (TPSA) is 37.3 Å². The van der Waals surface area contributed by atoms with Gasteiger partial charge in [-0.1, -0.05) is 6.92 Å². The molecule has 2 nitrogen and oxygen atoms in total. The van der Waals surface area contributed by atoms with E-state index in [2.05, 4.69) is 0 Å². The Labute approximate surface area is 74.5 Å². The zero-order valence-electron chi connectivity index (χ0n) is 6.48. The number of rotatable bonds is 1. The Morgan fingerprint density at radius 2 is 2.00 bits per heavy atom. The van der Waals surface area contributed by atoms with Crippen LogP contribution in [0.25, 0.3) is 0 Å². The van der Waals surface area contributed by atoms with Gasteiger partial charge in [-0.05, 0) is 0 Å². The molecule has 4 heteroatoms. The number of carbonyl (C=O) groups is 1. The Morgan fingerprint density at radius 3 is 2.00 bits per heavy atom. The standard InChI is InChI=1S/C3H6O2.Mg.Zn.2H/c1-2-3(4)5;;;;/h2H2,1H3,(H,4,5);;;;/q;+2;;2*-1. The fraction of sp³-hybridized carbons (Fsp3) is 0.667. The van der Waals surface area contributed by atoms with E-state index in [0.29, 0.717) is 0 Å². The van der Waals surface area contributed by atoms with Crippen LogP contribution in [0.5, 0.6) is 0 Å². The van der Waals surface area contributed by atoms with Crippen molar-refractivity contribution in [2.75, 3.05) is 0 Å². The third kappa shape index (κ3) is 19.8. The minimum absolute atomic E-state index is 0. The summed E-state index contributed by atoms with van der Waals surface area (Å²) >= 11 is 0. The summed E-state index contributed by atoms with van der Waals surface area (Å²) in [6.07, 6.45) is 0.222. The summed E-state index contributed by atoms with van der Waals surface area (Å²) in [5.41, 5.74) is 0. The maximum atomic E-state index is 9.37. The fourth-order valence-corrected chi connectivity index (χ4v) is 0. The molecule has 0 fully saturated rings. The van der Waals surface area contributed by atoms with Crippen LogP contribution >= 0.6 is 0 Å². The first-order valence-electron chi connectivity index (χ1n) is 1.49. The van der Waals surface area contributed by atoms with Gasteiger partial charge in [0.05, 0.1) is 0 Å². The molecule has 0 aliphatic carbocycles. The van der Waals surface area contributed by atoms with Gasteiger partial charge in [-0.15, -0.1) is 0 Å². The minimum atomic E-state index is -0.745. The number of hydrogen-bond acceptors (Lipinski definition) is 1. The molecule has 0 saturated heterocycles. The molecule has 0 atom stereocenters. The van der Waals surface area contributed by atoms with Gasteiger partial charge in [-0.2, -0.15) is 0 Å². The second kappa shape index (κ2) is 9.97. The van der Waals surface area contributed by atoms with Gasteiger partial charge in [-0.25, -0.2) is 0 Å². The van der Waals surface area contributed by atoms with Crippen LogP contribution in [-0.4, -0.2) is 34.1 Å². The smallest absolute Gasteiger partial charge is 1.00 e. The van der Waals surface area contributed by atoms with Gasteiger partial charge in [0.2, 0.25) is 0 Å². The minimum Gasteiger partial charge on any atom is -1.00 e. The third-order valence-corrected chi connectivity index (χ3v) is 0.302. The van der Waals surface area contributed by atoms with Crippen molar-refractivity contribution in [3.63, 3.8) is 0 Å². The van der Waals surface area contributed by atoms with Crippen molar-refractivity contribution < 1.29 is 32.2 Å². The SMILES string of the molecule is CCC(=O)O.[H-].[H-].[Mg+2].[Zn]. The quantitative estimate of drug-likeness (QED) is 0.569. The first-order chi connectivity index (χ1) is 2.27. The molecule has 7 heavy (non-hydrogen) atoms. The van der Waals surface area contributed by atoms with E-state index in [-0.39, 0.29) is 51.8 Å². The largest absolute Gasteiger partial charge is 2.00 e. The van der Waals surface area contributed by atoms with Crippen molar-refractivity contribution in [1.29, 1.82) is 0 Å². The Kier molecular flexibility index (Phi) is 22.3. The van der Waals surface area contributed by atoms with Crippen molar-refractivity contribution in [1.82, 2.24) is 0 Å². The molecule has 1 N–H and O–H groups in total. The van der Waals surface area contributed by atoms with Gasteiger partial charge in [-0.3, -0.25) is 4.79 Å². The summed E-state index contributed by atoms with van der Waals surface area (Å²) in [4.78, 5) is 9.37. The second-order valence-corrected chi connectivity index (χ2v) is 0.747. The first-order valence-corrected chi connectivity index (χ1v) is 1.49. The van der Waals surface area contributed by atoms with Gasteiger partial charge in [0.25, 0.3) is 0 Å². The zero-order chi connectivity index (χ0) is 4.28. The van der Waals surface area contributed by atoms with E-state index in [1.165, 1.54) is 0 Å². The van der Waals surface area contributed by atoms with Crippen LogP contribution in [0.3, 0.4) is 0 Å². The maximum absolute atomic E-state index is 9.37. The monoisotopic (exact) mass is 164 g/mol. The molecular weight excluding hydrogens is 158 g/mol. The Bertz CT molecular complexity index is 55.1. The van der Waals surface area contributed by atoms with E-state index in [1.54, 1.807) is 6.92 Å². The summed E-state index contributed by atoms with van der Waals surface area (Å²) in [6, 6.07) is 0. The summed E-state index contributed by atoms with van der Waals surface area (Å²) in [6.45, 7) is 1.60. The molecule has 0 amide bonds. The van der Waals surface area contributed by atoms with Crippen molar-refractivity contribution >= 4 is 29.0 Å². The molecule has 0 unspecified atom stereocenters. The molecule has 0 rings (SSSR count). The molecule has 0 heterocycles. The molecule has 0 bridgehead atoms. The number of hydrogen-bond donors (Lipinski definition) is 1. The molecular formula is C3H8MgO2Zn. The molecule has 0 radical (unpaired) electrons. The second-order valence-electron chi connectivity index (χ2n) is 0.747. The number of carboxylic acid groups (broad SMARTS) is 1. The van der Waals surface area contributed by atoms with Gasteiger partial charge < -0.3 is 7.96 Å². The van der Waals surface area contributed by atoms with Crippen LogP contribution in [0.2, 0.25) is 0 Å². The molecule has 0 saturated carbocycles. The molecule has 0 aliphatic heterocycles. The Morgan fingerprint density at radius 1 is 1.86 bits per heavy atom. The summed E-state index contributed by atoms with van der Waals surface area (Å²) in [5.74, 6) is -0.745. The average Bonchev–Trinajstić information content (AvgIpc) is 1.38. The molecule has 0 aliphatic rings. The van der Waals surface area contributed by atoms with E-state index < -0.39 is 5.97 Å². The third-order valence-electron chi connectivity index (χ3n) is 0.302. The van der Waals surface area contributed by atoms with Crippen LogP contribution < -0.4 is 0 Å². The van der Waals surface area contributed by atoms with E-state index in [4.69, 9.17) is 5.11 Å². The van der Waals surface area contributed by atoms with E-state index >= 15 is 0 Å². The van der Waals surface area contributed by atoms with E-state index in [1.807, 2.05) is 0 Å². The Hall–Kier alpha value is 0.860. The van der Waals surface area contributed by atoms with Crippen LogP contribution in [0.4, 0.5) is 0 Å². The van der Waals surface area contributed by atoms with Gasteiger partial charge in [0, 0.05) is 25.9 Å². The average molecular weight is 166 g/mol. The van der Waals surface area contributed by atoms with Crippen molar-refractivity contribution in [2.24, 2.45) is 0 Å². The Balaban J connectivity index is -0.0000000133. The van der Waals surface area contributed by atoms with Crippen molar-refractivity contribution in [3.8, 4) is 0 Å². The molecule has 0 aromatic heterocycles. The van der Waals surface area contributed by atoms with Crippen molar-refractivity contribution in [3.05, 3.63) is 0 Å². The van der Waals surface area contributed by atoms with Crippen LogP contribution in [0.1, 0.15) is 16.2 Å². The van der Waals surface area contributed by atoms with E-state index in [0.717, 1.165) is 0 Å². The van der Waals surface area contributed by atoms with E-state index in [9.17, 15) is 4.79 Å². The predicted molar refractivity (Wildman–Crippen MR) is 25.9 cm³/mol.